The SMILES string of the molecule is CCCCCCCCCCCCCCCCCCCCCCOC(=O)OP(C)(=O)OC. The van der Waals surface area contributed by atoms with Gasteiger partial charge in [-0.15, -0.1) is 0 Å². The van der Waals surface area contributed by atoms with E-state index < -0.39 is 13.8 Å². The zero-order valence-corrected chi connectivity index (χ0v) is 21.7. The highest BCUT2D eigenvalue weighted by atomic mass is 31.2. The first-order valence-corrected chi connectivity index (χ1v) is 15.0. The molecule has 0 heterocycles. The van der Waals surface area contributed by atoms with Crippen LogP contribution in [0.3, 0.4) is 0 Å². The van der Waals surface area contributed by atoms with Gasteiger partial charge in [-0.1, -0.05) is 129 Å². The predicted molar refractivity (Wildman–Crippen MR) is 131 cm³/mol. The molecule has 0 saturated carbocycles. The van der Waals surface area contributed by atoms with Gasteiger partial charge in [0.25, 0.3) is 0 Å². The molecule has 6 heteroatoms. The molecule has 0 amide bonds. The summed E-state index contributed by atoms with van der Waals surface area (Å²) in [5.74, 6) is 0. The molecular weight excluding hydrogens is 411 g/mol. The summed E-state index contributed by atoms with van der Waals surface area (Å²) >= 11 is 0. The maximum absolute atomic E-state index is 11.5. The van der Waals surface area contributed by atoms with Crippen LogP contribution in [-0.2, 0) is 18.3 Å². The van der Waals surface area contributed by atoms with Crippen molar-refractivity contribution in [1.29, 1.82) is 0 Å². The number of unbranched alkanes of at least 4 members (excludes halogenated alkanes) is 19. The number of hydrogen-bond acceptors (Lipinski definition) is 5. The lowest BCUT2D eigenvalue weighted by Gasteiger charge is -2.10. The molecular formula is C25H51O5P. The van der Waals surface area contributed by atoms with Crippen molar-refractivity contribution in [1.82, 2.24) is 0 Å². The molecule has 0 radical (unpaired) electrons. The fraction of sp³-hybridized carbons (Fsp3) is 0.960. The Morgan fingerprint density at radius 1 is 0.613 bits per heavy atom. The van der Waals surface area contributed by atoms with Crippen LogP contribution in [0.2, 0.25) is 0 Å². The van der Waals surface area contributed by atoms with Crippen LogP contribution in [-0.4, -0.2) is 26.5 Å². The highest BCUT2D eigenvalue weighted by molar-refractivity contribution is 7.53. The molecule has 1 atom stereocenters. The van der Waals surface area contributed by atoms with E-state index in [-0.39, 0.29) is 0 Å². The second-order valence-corrected chi connectivity index (χ2v) is 11.0. The van der Waals surface area contributed by atoms with Gasteiger partial charge in [-0.2, -0.15) is 0 Å². The monoisotopic (exact) mass is 462 g/mol. The number of hydrogen-bond donors (Lipinski definition) is 0. The lowest BCUT2D eigenvalue weighted by molar-refractivity contribution is 0.0919. The van der Waals surface area contributed by atoms with Crippen LogP contribution in [0.25, 0.3) is 0 Å². The molecule has 0 bridgehead atoms. The predicted octanol–water partition coefficient (Wildman–Crippen LogP) is 9.43. The van der Waals surface area contributed by atoms with E-state index in [1.807, 2.05) is 0 Å². The van der Waals surface area contributed by atoms with Crippen LogP contribution in [0.4, 0.5) is 4.79 Å². The van der Waals surface area contributed by atoms with Crippen LogP contribution in [0.5, 0.6) is 0 Å². The fourth-order valence-corrected chi connectivity index (χ4v) is 4.11. The fourth-order valence-electron chi connectivity index (χ4n) is 3.71. The Labute approximate surface area is 192 Å². The third-order valence-corrected chi connectivity index (χ3v) is 6.93. The van der Waals surface area contributed by atoms with Gasteiger partial charge in [-0.3, -0.25) is 0 Å². The molecule has 0 rings (SSSR count). The van der Waals surface area contributed by atoms with Gasteiger partial charge in [0.15, 0.2) is 0 Å². The van der Waals surface area contributed by atoms with Crippen molar-refractivity contribution in [2.24, 2.45) is 0 Å². The van der Waals surface area contributed by atoms with Crippen molar-refractivity contribution in [3.63, 3.8) is 0 Å². The van der Waals surface area contributed by atoms with Crippen molar-refractivity contribution in [2.75, 3.05) is 20.4 Å². The quantitative estimate of drug-likeness (QED) is 0.0859. The van der Waals surface area contributed by atoms with Crippen LogP contribution >= 0.6 is 7.60 Å². The molecule has 0 aliphatic carbocycles. The lowest BCUT2D eigenvalue weighted by Crippen LogP contribution is -2.07. The van der Waals surface area contributed by atoms with E-state index in [0.29, 0.717) is 6.61 Å². The summed E-state index contributed by atoms with van der Waals surface area (Å²) in [4.78, 5) is 11.3. The van der Waals surface area contributed by atoms with Gasteiger partial charge >= 0.3 is 13.8 Å². The van der Waals surface area contributed by atoms with Crippen LogP contribution in [0, 0.1) is 0 Å². The lowest BCUT2D eigenvalue weighted by atomic mass is 10.0. The highest BCUT2D eigenvalue weighted by Crippen LogP contribution is 2.42. The van der Waals surface area contributed by atoms with Crippen molar-refractivity contribution in [2.45, 2.75) is 135 Å². The van der Waals surface area contributed by atoms with Gasteiger partial charge in [-0.25, -0.2) is 9.36 Å². The van der Waals surface area contributed by atoms with Crippen molar-refractivity contribution < 1.29 is 23.1 Å². The molecule has 0 N–H and O–H groups in total. The van der Waals surface area contributed by atoms with Crippen molar-refractivity contribution in [3.8, 4) is 0 Å². The Balaban J connectivity index is 3.16. The summed E-state index contributed by atoms with van der Waals surface area (Å²) in [6.45, 7) is 3.83. The average Bonchev–Trinajstić information content (AvgIpc) is 2.74. The minimum Gasteiger partial charge on any atom is -0.434 e. The Hall–Kier alpha value is -0.540. The Morgan fingerprint density at radius 3 is 1.26 bits per heavy atom. The van der Waals surface area contributed by atoms with E-state index >= 15 is 0 Å². The Morgan fingerprint density at radius 2 is 0.935 bits per heavy atom. The number of ether oxygens (including phenoxy) is 1. The van der Waals surface area contributed by atoms with E-state index in [0.717, 1.165) is 12.8 Å². The summed E-state index contributed by atoms with van der Waals surface area (Å²) in [5, 5.41) is 0. The zero-order valence-electron chi connectivity index (χ0n) is 20.8. The minimum absolute atomic E-state index is 0.307. The van der Waals surface area contributed by atoms with Gasteiger partial charge in [0.2, 0.25) is 0 Å². The standard InChI is InChI=1S/C25H51O5P/c1-4-5-6-7-8-9-10-11-12-13-14-15-16-17-18-19-20-21-22-23-24-29-25(26)30-31(3,27)28-2/h4-24H2,1-3H3. The van der Waals surface area contributed by atoms with E-state index in [1.54, 1.807) is 0 Å². The largest absolute Gasteiger partial charge is 0.514 e. The molecule has 0 fully saturated rings. The first-order chi connectivity index (χ1) is 15.0. The maximum Gasteiger partial charge on any atom is 0.514 e. The highest BCUT2D eigenvalue weighted by Gasteiger charge is 2.20. The van der Waals surface area contributed by atoms with E-state index in [9.17, 15) is 9.36 Å². The molecule has 0 aliphatic heterocycles. The second-order valence-electron chi connectivity index (χ2n) is 8.86. The molecule has 0 aromatic rings. The van der Waals surface area contributed by atoms with Gasteiger partial charge in [0, 0.05) is 7.11 Å². The van der Waals surface area contributed by atoms with Crippen LogP contribution in [0.15, 0.2) is 0 Å². The topological polar surface area (TPSA) is 61.8 Å². The molecule has 0 aromatic heterocycles. The molecule has 0 aromatic carbocycles. The Kier molecular flexibility index (Phi) is 22.3. The average molecular weight is 463 g/mol. The second kappa shape index (κ2) is 22.6. The molecule has 1 unspecified atom stereocenters. The third-order valence-electron chi connectivity index (χ3n) is 5.79. The van der Waals surface area contributed by atoms with Crippen molar-refractivity contribution >= 4 is 13.8 Å². The zero-order chi connectivity index (χ0) is 23.0. The molecule has 5 nitrogen and oxygen atoms in total. The van der Waals surface area contributed by atoms with Crippen LogP contribution in [0.1, 0.15) is 135 Å². The van der Waals surface area contributed by atoms with Crippen molar-refractivity contribution in [3.05, 3.63) is 0 Å². The molecule has 31 heavy (non-hydrogen) atoms. The van der Waals surface area contributed by atoms with E-state index in [4.69, 9.17) is 4.74 Å². The Bertz CT molecular complexity index is 442. The molecule has 0 spiro atoms. The number of carbonyl (C=O) groups excluding carboxylic acids is 1. The summed E-state index contributed by atoms with van der Waals surface area (Å²) in [5.41, 5.74) is 0. The number of carbonyl (C=O) groups is 1. The first-order valence-electron chi connectivity index (χ1n) is 13.0. The summed E-state index contributed by atoms with van der Waals surface area (Å²) in [6.07, 6.45) is 25.8. The molecule has 0 aliphatic rings. The van der Waals surface area contributed by atoms with Gasteiger partial charge in [0.1, 0.15) is 0 Å². The first kappa shape index (κ1) is 30.5. The summed E-state index contributed by atoms with van der Waals surface area (Å²) in [7, 11) is -2.06. The van der Waals surface area contributed by atoms with Gasteiger partial charge in [0.05, 0.1) is 13.3 Å². The number of rotatable bonds is 23. The minimum atomic E-state index is -3.30. The van der Waals surface area contributed by atoms with Gasteiger partial charge in [-0.05, 0) is 6.42 Å². The van der Waals surface area contributed by atoms with E-state index in [2.05, 4.69) is 16.0 Å². The normalized spacial score (nSPS) is 13.1. The summed E-state index contributed by atoms with van der Waals surface area (Å²) < 4.78 is 25.6. The van der Waals surface area contributed by atoms with E-state index in [1.165, 1.54) is 129 Å². The maximum atomic E-state index is 11.5. The van der Waals surface area contributed by atoms with Gasteiger partial charge < -0.3 is 13.8 Å². The molecule has 186 valence electrons. The third kappa shape index (κ3) is 23.9. The molecule has 0 saturated heterocycles. The summed E-state index contributed by atoms with van der Waals surface area (Å²) in [6, 6.07) is 0. The smallest absolute Gasteiger partial charge is 0.434 e. The van der Waals surface area contributed by atoms with Crippen LogP contribution < -0.4 is 0 Å².